The number of carbonyl (C=O) groups is 2. The molecule has 5 aromatic rings. The molecule has 0 spiro atoms. The van der Waals surface area contributed by atoms with Crippen LogP contribution in [0.5, 0.6) is 0 Å². The van der Waals surface area contributed by atoms with E-state index in [0.717, 1.165) is 18.5 Å². The topological polar surface area (TPSA) is 84.5 Å². The van der Waals surface area contributed by atoms with Gasteiger partial charge in [-0.3, -0.25) is 14.0 Å². The molecule has 0 radical (unpaired) electrons. The molecule has 1 aliphatic heterocycles. The summed E-state index contributed by atoms with van der Waals surface area (Å²) in [5.74, 6) is -0.400. The number of likely N-dealkylation sites (tertiary alicyclic amines) is 1. The predicted molar refractivity (Wildman–Crippen MR) is 146 cm³/mol. The second-order valence-electron chi connectivity index (χ2n) is 9.76. The van der Waals surface area contributed by atoms with Gasteiger partial charge in [-0.1, -0.05) is 12.1 Å². The molecule has 4 heterocycles. The first-order valence-electron chi connectivity index (χ1n) is 12.9. The van der Waals surface area contributed by atoms with Crippen molar-refractivity contribution in [2.24, 2.45) is 0 Å². The number of pyridine rings is 1. The van der Waals surface area contributed by atoms with Crippen molar-refractivity contribution in [1.29, 1.82) is 0 Å². The molecule has 0 saturated carbocycles. The smallest absolute Gasteiger partial charge is 0.274 e. The van der Waals surface area contributed by atoms with Gasteiger partial charge in [-0.25, -0.2) is 14.1 Å². The van der Waals surface area contributed by atoms with Gasteiger partial charge in [0.2, 0.25) is 0 Å². The Morgan fingerprint density at radius 3 is 2.41 bits per heavy atom. The van der Waals surface area contributed by atoms with Crippen molar-refractivity contribution in [2.75, 3.05) is 18.4 Å². The Labute approximate surface area is 224 Å². The van der Waals surface area contributed by atoms with Crippen LogP contribution in [0, 0.1) is 12.7 Å². The third-order valence-corrected chi connectivity index (χ3v) is 7.28. The van der Waals surface area contributed by atoms with Crippen LogP contribution in [-0.2, 0) is 0 Å². The van der Waals surface area contributed by atoms with Gasteiger partial charge in [0.05, 0.1) is 11.4 Å². The summed E-state index contributed by atoms with van der Waals surface area (Å²) in [6.45, 7) is 3.11. The van der Waals surface area contributed by atoms with Crippen LogP contribution in [0.1, 0.15) is 50.9 Å². The lowest BCUT2D eigenvalue weighted by atomic mass is 9.89. The number of hydrogen-bond donors (Lipinski definition) is 1. The van der Waals surface area contributed by atoms with Crippen LogP contribution in [0.3, 0.4) is 0 Å². The zero-order chi connectivity index (χ0) is 26.9. The van der Waals surface area contributed by atoms with Crippen molar-refractivity contribution in [3.63, 3.8) is 0 Å². The highest BCUT2D eigenvalue weighted by Gasteiger charge is 2.25. The second kappa shape index (κ2) is 10.2. The van der Waals surface area contributed by atoms with E-state index in [9.17, 15) is 14.0 Å². The summed E-state index contributed by atoms with van der Waals surface area (Å²) < 4.78 is 17.0. The molecule has 0 bridgehead atoms. The highest BCUT2D eigenvalue weighted by Crippen LogP contribution is 2.30. The standard InChI is InChI=1S/C30H27FN6O2/c1-20-28(36-19-24(31)7-12-27(36)33-20)29(38)34-25-8-3-21(4-9-25)22-13-17-35(18-14-22)30(39)23-5-10-26(11-6-23)37-16-2-15-32-37/h2-12,15-16,19,22H,13-14,17-18H2,1H3,(H,34,38). The third-order valence-electron chi connectivity index (χ3n) is 7.28. The molecule has 8 nitrogen and oxygen atoms in total. The summed E-state index contributed by atoms with van der Waals surface area (Å²) in [6, 6.07) is 20.0. The van der Waals surface area contributed by atoms with E-state index in [4.69, 9.17) is 0 Å². The second-order valence-corrected chi connectivity index (χ2v) is 9.76. The fraction of sp³-hybridized carbons (Fsp3) is 0.200. The number of nitrogens with zero attached hydrogens (tertiary/aromatic N) is 5. The molecule has 3 aromatic heterocycles. The molecular formula is C30H27FN6O2. The molecule has 196 valence electrons. The molecular weight excluding hydrogens is 495 g/mol. The Bertz CT molecular complexity index is 1630. The summed E-state index contributed by atoms with van der Waals surface area (Å²) in [5, 5.41) is 7.12. The number of fused-ring (bicyclic) bond motifs is 1. The predicted octanol–water partition coefficient (Wildman–Crippen LogP) is 5.24. The molecule has 2 aromatic carbocycles. The summed E-state index contributed by atoms with van der Waals surface area (Å²) >= 11 is 0. The van der Waals surface area contributed by atoms with Gasteiger partial charge in [-0.15, -0.1) is 0 Å². The SMILES string of the molecule is Cc1nc2ccc(F)cn2c1C(=O)Nc1ccc(C2CCN(C(=O)c3ccc(-n4cccn4)cc3)CC2)cc1. The van der Waals surface area contributed by atoms with Crippen LogP contribution in [-0.4, -0.2) is 49.0 Å². The Hall–Kier alpha value is -4.79. The lowest BCUT2D eigenvalue weighted by Gasteiger charge is -2.32. The monoisotopic (exact) mass is 522 g/mol. The van der Waals surface area contributed by atoms with Crippen molar-refractivity contribution in [3.05, 3.63) is 114 Å². The summed E-state index contributed by atoms with van der Waals surface area (Å²) in [6.07, 6.45) is 6.60. The van der Waals surface area contributed by atoms with E-state index >= 15 is 0 Å². The first kappa shape index (κ1) is 24.5. The largest absolute Gasteiger partial charge is 0.339 e. The van der Waals surface area contributed by atoms with E-state index < -0.39 is 5.82 Å². The summed E-state index contributed by atoms with van der Waals surface area (Å²) in [4.78, 5) is 32.3. The van der Waals surface area contributed by atoms with Crippen LogP contribution in [0.2, 0.25) is 0 Å². The number of nitrogens with one attached hydrogen (secondary N) is 1. The first-order chi connectivity index (χ1) is 19.0. The number of piperidine rings is 1. The van der Waals surface area contributed by atoms with E-state index in [2.05, 4.69) is 15.4 Å². The third kappa shape index (κ3) is 4.90. The highest BCUT2D eigenvalue weighted by molar-refractivity contribution is 6.04. The average Bonchev–Trinajstić information content (AvgIpc) is 3.61. The fourth-order valence-corrected chi connectivity index (χ4v) is 5.22. The number of anilines is 1. The Kier molecular flexibility index (Phi) is 6.40. The van der Waals surface area contributed by atoms with E-state index in [1.165, 1.54) is 22.2 Å². The maximum Gasteiger partial charge on any atom is 0.274 e. The number of hydrogen-bond acceptors (Lipinski definition) is 4. The van der Waals surface area contributed by atoms with Crippen molar-refractivity contribution in [1.82, 2.24) is 24.1 Å². The number of aromatic nitrogens is 4. The van der Waals surface area contributed by atoms with E-state index in [0.29, 0.717) is 47.3 Å². The zero-order valence-electron chi connectivity index (χ0n) is 21.4. The zero-order valence-corrected chi connectivity index (χ0v) is 21.4. The molecule has 1 N–H and O–H groups in total. The van der Waals surface area contributed by atoms with Crippen molar-refractivity contribution in [3.8, 4) is 5.69 Å². The van der Waals surface area contributed by atoms with Gasteiger partial charge in [0, 0.05) is 42.9 Å². The highest BCUT2D eigenvalue weighted by atomic mass is 19.1. The van der Waals surface area contributed by atoms with Crippen molar-refractivity contribution in [2.45, 2.75) is 25.7 Å². The summed E-state index contributed by atoms with van der Waals surface area (Å²) in [5.41, 5.74) is 4.78. The number of amides is 2. The van der Waals surface area contributed by atoms with Crippen LogP contribution >= 0.6 is 0 Å². The number of benzene rings is 2. The lowest BCUT2D eigenvalue weighted by molar-refractivity contribution is 0.0713. The maximum atomic E-state index is 13.8. The van der Waals surface area contributed by atoms with Gasteiger partial charge in [0.25, 0.3) is 11.8 Å². The van der Waals surface area contributed by atoms with Crippen LogP contribution in [0.4, 0.5) is 10.1 Å². The Balaban J connectivity index is 1.06. The first-order valence-corrected chi connectivity index (χ1v) is 12.9. The van der Waals surface area contributed by atoms with E-state index in [-0.39, 0.29) is 11.8 Å². The van der Waals surface area contributed by atoms with Crippen LogP contribution in [0.25, 0.3) is 11.3 Å². The number of carbonyl (C=O) groups excluding carboxylic acids is 2. The Morgan fingerprint density at radius 1 is 0.974 bits per heavy atom. The molecule has 1 saturated heterocycles. The summed E-state index contributed by atoms with van der Waals surface area (Å²) in [7, 11) is 0. The average molecular weight is 523 g/mol. The normalized spacial score (nSPS) is 14.1. The van der Waals surface area contributed by atoms with Gasteiger partial charge >= 0.3 is 0 Å². The molecule has 0 aliphatic carbocycles. The molecule has 9 heteroatoms. The van der Waals surface area contributed by atoms with Crippen LogP contribution < -0.4 is 5.32 Å². The molecule has 1 fully saturated rings. The maximum absolute atomic E-state index is 13.8. The minimum absolute atomic E-state index is 0.0427. The number of halogens is 1. The number of imidazole rings is 1. The van der Waals surface area contributed by atoms with Crippen molar-refractivity contribution < 1.29 is 14.0 Å². The van der Waals surface area contributed by atoms with Crippen LogP contribution in [0.15, 0.2) is 85.3 Å². The quantitative estimate of drug-likeness (QED) is 0.342. The number of aryl methyl sites for hydroxylation is 1. The number of rotatable bonds is 5. The molecule has 39 heavy (non-hydrogen) atoms. The van der Waals surface area contributed by atoms with Gasteiger partial charge in [-0.2, -0.15) is 5.10 Å². The van der Waals surface area contributed by atoms with Gasteiger partial charge in [0.15, 0.2) is 0 Å². The van der Waals surface area contributed by atoms with E-state index in [1.807, 2.05) is 65.7 Å². The Morgan fingerprint density at radius 2 is 1.72 bits per heavy atom. The minimum Gasteiger partial charge on any atom is -0.339 e. The van der Waals surface area contributed by atoms with E-state index in [1.54, 1.807) is 23.9 Å². The van der Waals surface area contributed by atoms with Gasteiger partial charge in [0.1, 0.15) is 17.2 Å². The molecule has 0 unspecified atom stereocenters. The lowest BCUT2D eigenvalue weighted by Crippen LogP contribution is -2.37. The molecule has 0 atom stereocenters. The van der Waals surface area contributed by atoms with Crippen molar-refractivity contribution >= 4 is 23.1 Å². The molecule has 2 amide bonds. The van der Waals surface area contributed by atoms with Gasteiger partial charge < -0.3 is 10.2 Å². The molecule has 1 aliphatic rings. The minimum atomic E-state index is -0.436. The fourth-order valence-electron chi connectivity index (χ4n) is 5.22. The van der Waals surface area contributed by atoms with Gasteiger partial charge in [-0.05, 0) is 85.8 Å². The molecule has 6 rings (SSSR count).